The van der Waals surface area contributed by atoms with Crippen LogP contribution in [0.25, 0.3) is 11.2 Å². The minimum Gasteiger partial charge on any atom is -0.384 e. The molecule has 1 aliphatic heterocycles. The molecule has 7 nitrogen and oxygen atoms in total. The molecule has 2 aliphatic rings. The van der Waals surface area contributed by atoms with E-state index in [2.05, 4.69) is 9.97 Å². The minimum absolute atomic E-state index is 0.132. The topological polar surface area (TPSA) is 94.1 Å². The van der Waals surface area contributed by atoms with E-state index in [1.54, 1.807) is 6.20 Å². The fourth-order valence-corrected chi connectivity index (χ4v) is 5.83. The van der Waals surface area contributed by atoms with E-state index in [0.29, 0.717) is 37.1 Å². The van der Waals surface area contributed by atoms with Crippen molar-refractivity contribution >= 4 is 27.0 Å². The fourth-order valence-electron chi connectivity index (χ4n) is 4.13. The lowest BCUT2D eigenvalue weighted by molar-refractivity contribution is 0.362. The number of nitrogen functional groups attached to an aromatic ring is 1. The van der Waals surface area contributed by atoms with Crippen LogP contribution < -0.4 is 5.73 Å². The Morgan fingerprint density at radius 3 is 2.35 bits per heavy atom. The van der Waals surface area contributed by atoms with Crippen molar-refractivity contribution in [2.75, 3.05) is 18.8 Å². The van der Waals surface area contributed by atoms with Crippen molar-refractivity contribution in [1.82, 2.24) is 18.8 Å². The van der Waals surface area contributed by atoms with E-state index in [-0.39, 0.29) is 16.8 Å². The van der Waals surface area contributed by atoms with E-state index in [1.165, 1.54) is 16.9 Å². The van der Waals surface area contributed by atoms with Crippen LogP contribution in [-0.2, 0) is 10.0 Å². The summed E-state index contributed by atoms with van der Waals surface area (Å²) in [5, 5.41) is 0. The van der Waals surface area contributed by atoms with Crippen molar-refractivity contribution in [3.05, 3.63) is 24.5 Å². The molecule has 140 valence electrons. The van der Waals surface area contributed by atoms with Gasteiger partial charge < -0.3 is 10.3 Å². The molecule has 0 atom stereocenters. The Labute approximate surface area is 154 Å². The SMILES string of the molecule is Nc1c(S(=O)(=O)N2CCC=CCC2)c2nccnc2n1C1CCCCC1. The molecule has 0 radical (unpaired) electrons. The molecule has 4 rings (SSSR count). The fraction of sp³-hybridized carbons (Fsp3) is 0.556. The van der Waals surface area contributed by atoms with Crippen LogP contribution in [0, 0.1) is 0 Å². The molecular formula is C18H25N5O2S. The lowest BCUT2D eigenvalue weighted by atomic mass is 9.95. The van der Waals surface area contributed by atoms with E-state index in [4.69, 9.17) is 5.73 Å². The van der Waals surface area contributed by atoms with Gasteiger partial charge in [0.25, 0.3) is 0 Å². The van der Waals surface area contributed by atoms with Crippen LogP contribution >= 0.6 is 0 Å². The molecule has 3 heterocycles. The number of hydrogen-bond acceptors (Lipinski definition) is 5. The number of nitrogens with two attached hydrogens (primary N) is 1. The third-order valence-electron chi connectivity index (χ3n) is 5.41. The predicted octanol–water partition coefficient (Wildman–Crippen LogP) is 2.86. The van der Waals surface area contributed by atoms with Gasteiger partial charge in [-0.2, -0.15) is 4.31 Å². The molecule has 1 aliphatic carbocycles. The molecule has 2 N–H and O–H groups in total. The number of hydrogen-bond donors (Lipinski definition) is 1. The summed E-state index contributed by atoms with van der Waals surface area (Å²) >= 11 is 0. The van der Waals surface area contributed by atoms with Crippen molar-refractivity contribution < 1.29 is 8.42 Å². The lowest BCUT2D eigenvalue weighted by Gasteiger charge is -2.25. The zero-order valence-corrected chi connectivity index (χ0v) is 15.7. The van der Waals surface area contributed by atoms with E-state index < -0.39 is 10.0 Å². The second-order valence-corrected chi connectivity index (χ2v) is 8.93. The van der Waals surface area contributed by atoms with Gasteiger partial charge in [0, 0.05) is 31.5 Å². The van der Waals surface area contributed by atoms with E-state index >= 15 is 0 Å². The number of nitrogens with zero attached hydrogens (tertiary/aromatic N) is 4. The van der Waals surface area contributed by atoms with Crippen LogP contribution in [0.15, 0.2) is 29.4 Å². The Balaban J connectivity index is 1.86. The van der Waals surface area contributed by atoms with Gasteiger partial charge in [-0.1, -0.05) is 31.4 Å². The average molecular weight is 375 g/mol. The van der Waals surface area contributed by atoms with Gasteiger partial charge in [-0.25, -0.2) is 18.4 Å². The zero-order chi connectivity index (χ0) is 18.1. The summed E-state index contributed by atoms with van der Waals surface area (Å²) in [6, 6.07) is 0.192. The van der Waals surface area contributed by atoms with Gasteiger partial charge in [0.2, 0.25) is 10.0 Å². The smallest absolute Gasteiger partial charge is 0.249 e. The number of anilines is 1. The van der Waals surface area contributed by atoms with Gasteiger partial charge in [0.15, 0.2) is 10.5 Å². The highest BCUT2D eigenvalue weighted by atomic mass is 32.2. The van der Waals surface area contributed by atoms with Gasteiger partial charge >= 0.3 is 0 Å². The maximum absolute atomic E-state index is 13.4. The maximum Gasteiger partial charge on any atom is 0.249 e. The predicted molar refractivity (Wildman–Crippen MR) is 101 cm³/mol. The second kappa shape index (κ2) is 7.00. The molecule has 0 unspecified atom stereocenters. The normalized spacial score (nSPS) is 20.5. The van der Waals surface area contributed by atoms with Crippen molar-refractivity contribution in [3.63, 3.8) is 0 Å². The monoisotopic (exact) mass is 375 g/mol. The molecule has 0 amide bonds. The molecule has 0 spiro atoms. The molecule has 2 aromatic heterocycles. The Bertz CT molecular complexity index is 918. The van der Waals surface area contributed by atoms with Gasteiger partial charge in [0.1, 0.15) is 11.3 Å². The van der Waals surface area contributed by atoms with Crippen molar-refractivity contribution in [2.24, 2.45) is 0 Å². The minimum atomic E-state index is -3.72. The van der Waals surface area contributed by atoms with Crippen LogP contribution in [0.5, 0.6) is 0 Å². The molecule has 0 bridgehead atoms. The van der Waals surface area contributed by atoms with Crippen LogP contribution in [-0.4, -0.2) is 40.3 Å². The zero-order valence-electron chi connectivity index (χ0n) is 14.8. The summed E-state index contributed by atoms with van der Waals surface area (Å²) in [7, 11) is -3.72. The quantitative estimate of drug-likeness (QED) is 0.833. The third-order valence-corrected chi connectivity index (χ3v) is 7.37. The number of sulfonamides is 1. The molecular weight excluding hydrogens is 350 g/mol. The molecule has 1 fully saturated rings. The summed E-state index contributed by atoms with van der Waals surface area (Å²) in [6.07, 6.45) is 14.1. The summed E-state index contributed by atoms with van der Waals surface area (Å²) in [5.74, 6) is 0.287. The molecule has 0 aromatic carbocycles. The van der Waals surface area contributed by atoms with Crippen LogP contribution in [0.3, 0.4) is 0 Å². The van der Waals surface area contributed by atoms with E-state index in [0.717, 1.165) is 25.7 Å². The van der Waals surface area contributed by atoms with E-state index in [1.807, 2.05) is 16.7 Å². The molecule has 8 heteroatoms. The molecule has 0 saturated heterocycles. The second-order valence-electron chi connectivity index (χ2n) is 7.06. The van der Waals surface area contributed by atoms with Gasteiger partial charge in [0.05, 0.1) is 0 Å². The van der Waals surface area contributed by atoms with Crippen LogP contribution in [0.2, 0.25) is 0 Å². The van der Waals surface area contributed by atoms with Crippen molar-refractivity contribution in [2.45, 2.75) is 55.9 Å². The number of fused-ring (bicyclic) bond motifs is 1. The Morgan fingerprint density at radius 1 is 1.00 bits per heavy atom. The van der Waals surface area contributed by atoms with Crippen molar-refractivity contribution in [1.29, 1.82) is 0 Å². The summed E-state index contributed by atoms with van der Waals surface area (Å²) in [6.45, 7) is 0.934. The van der Waals surface area contributed by atoms with E-state index in [9.17, 15) is 8.42 Å². The summed E-state index contributed by atoms with van der Waals surface area (Å²) < 4.78 is 30.3. The number of aromatic nitrogens is 3. The van der Waals surface area contributed by atoms with Gasteiger partial charge in [-0.15, -0.1) is 0 Å². The van der Waals surface area contributed by atoms with Gasteiger partial charge in [-0.05, 0) is 25.7 Å². The molecule has 1 saturated carbocycles. The molecule has 26 heavy (non-hydrogen) atoms. The summed E-state index contributed by atoms with van der Waals surface area (Å²) in [4.78, 5) is 8.93. The Kier molecular flexibility index (Phi) is 4.71. The first-order valence-electron chi connectivity index (χ1n) is 9.36. The highest BCUT2D eigenvalue weighted by molar-refractivity contribution is 7.89. The Hall–Kier alpha value is -1.93. The number of rotatable bonds is 3. The highest BCUT2D eigenvalue weighted by Gasteiger charge is 2.34. The van der Waals surface area contributed by atoms with Crippen LogP contribution in [0.1, 0.15) is 51.0 Å². The Morgan fingerprint density at radius 2 is 1.65 bits per heavy atom. The molecule has 2 aromatic rings. The first kappa shape index (κ1) is 17.5. The largest absolute Gasteiger partial charge is 0.384 e. The highest BCUT2D eigenvalue weighted by Crippen LogP contribution is 2.39. The third kappa shape index (κ3) is 2.91. The van der Waals surface area contributed by atoms with Crippen molar-refractivity contribution in [3.8, 4) is 0 Å². The maximum atomic E-state index is 13.4. The average Bonchev–Trinajstić information content (AvgIpc) is 2.80. The van der Waals surface area contributed by atoms with Gasteiger partial charge in [-0.3, -0.25) is 0 Å². The lowest BCUT2D eigenvalue weighted by Crippen LogP contribution is -2.32. The summed E-state index contributed by atoms with van der Waals surface area (Å²) in [5.41, 5.74) is 7.42. The first-order valence-corrected chi connectivity index (χ1v) is 10.8. The first-order chi connectivity index (χ1) is 12.6. The van der Waals surface area contributed by atoms with Crippen LogP contribution in [0.4, 0.5) is 5.82 Å². The standard InChI is InChI=1S/C18H25N5O2S/c19-17-16(26(24,25)22-12-6-1-2-7-13-22)15-18(21-11-10-20-15)23(17)14-8-4-3-5-9-14/h1-2,10-11,14H,3-9,12-13,19H2.